The minimum atomic E-state index is -0.155. The standard InChI is InChI=1S/C13H14BrN3OS/c1-3-15-10-6-8(2)4-5-9(10)12(18)17-13-16-7-11(14)19-13/h4-7,15H,3H2,1-2H3,(H,16,17,18). The molecule has 2 rings (SSSR count). The summed E-state index contributed by atoms with van der Waals surface area (Å²) in [5.74, 6) is -0.155. The van der Waals surface area contributed by atoms with Gasteiger partial charge < -0.3 is 5.32 Å². The Hall–Kier alpha value is -1.40. The van der Waals surface area contributed by atoms with Gasteiger partial charge >= 0.3 is 0 Å². The summed E-state index contributed by atoms with van der Waals surface area (Å²) >= 11 is 4.71. The van der Waals surface area contributed by atoms with E-state index in [-0.39, 0.29) is 5.91 Å². The fourth-order valence-corrected chi connectivity index (χ4v) is 2.77. The zero-order valence-corrected chi connectivity index (χ0v) is 13.1. The van der Waals surface area contributed by atoms with Gasteiger partial charge in [0.2, 0.25) is 0 Å². The Labute approximate surface area is 124 Å². The maximum atomic E-state index is 12.2. The molecular formula is C13H14BrN3OS. The third-order valence-electron chi connectivity index (χ3n) is 2.48. The van der Waals surface area contributed by atoms with Crippen LogP contribution in [0.1, 0.15) is 22.8 Å². The monoisotopic (exact) mass is 339 g/mol. The molecule has 6 heteroatoms. The number of hydrogen-bond acceptors (Lipinski definition) is 4. The summed E-state index contributed by atoms with van der Waals surface area (Å²) in [6, 6.07) is 5.72. The van der Waals surface area contributed by atoms with Crippen molar-refractivity contribution in [1.29, 1.82) is 0 Å². The summed E-state index contributed by atoms with van der Waals surface area (Å²) in [5.41, 5.74) is 2.58. The topological polar surface area (TPSA) is 54.0 Å². The Morgan fingerprint density at radius 3 is 2.89 bits per heavy atom. The van der Waals surface area contributed by atoms with Crippen LogP contribution in [0.15, 0.2) is 28.2 Å². The summed E-state index contributed by atoms with van der Waals surface area (Å²) in [4.78, 5) is 16.3. The predicted molar refractivity (Wildman–Crippen MR) is 83.1 cm³/mol. The Morgan fingerprint density at radius 2 is 2.26 bits per heavy atom. The van der Waals surface area contributed by atoms with E-state index in [9.17, 15) is 4.79 Å². The number of rotatable bonds is 4. The number of aromatic nitrogens is 1. The van der Waals surface area contributed by atoms with Crippen LogP contribution in [0.3, 0.4) is 0 Å². The third kappa shape index (κ3) is 3.54. The summed E-state index contributed by atoms with van der Waals surface area (Å²) in [6.07, 6.45) is 1.67. The molecule has 1 aromatic carbocycles. The van der Waals surface area contributed by atoms with E-state index in [4.69, 9.17) is 0 Å². The average Bonchev–Trinajstić information content (AvgIpc) is 2.75. The minimum Gasteiger partial charge on any atom is -0.385 e. The second kappa shape index (κ2) is 6.16. The fraction of sp³-hybridized carbons (Fsp3) is 0.231. The van der Waals surface area contributed by atoms with Crippen molar-refractivity contribution in [2.24, 2.45) is 0 Å². The van der Waals surface area contributed by atoms with Gasteiger partial charge in [-0.15, -0.1) is 0 Å². The maximum Gasteiger partial charge on any atom is 0.259 e. The van der Waals surface area contributed by atoms with Crippen molar-refractivity contribution in [3.8, 4) is 0 Å². The third-order valence-corrected chi connectivity index (χ3v) is 3.88. The van der Waals surface area contributed by atoms with E-state index in [1.54, 1.807) is 6.20 Å². The first-order valence-electron chi connectivity index (χ1n) is 5.87. The van der Waals surface area contributed by atoms with Crippen LogP contribution in [0, 0.1) is 6.92 Å². The fourth-order valence-electron chi connectivity index (χ4n) is 1.67. The SMILES string of the molecule is CCNc1cc(C)ccc1C(=O)Nc1ncc(Br)s1. The first kappa shape index (κ1) is 14.0. The van der Waals surface area contributed by atoms with Gasteiger partial charge in [0.05, 0.1) is 15.5 Å². The highest BCUT2D eigenvalue weighted by atomic mass is 79.9. The molecule has 0 spiro atoms. The molecule has 0 bridgehead atoms. The smallest absolute Gasteiger partial charge is 0.259 e. The number of aryl methyl sites for hydroxylation is 1. The van der Waals surface area contributed by atoms with E-state index < -0.39 is 0 Å². The lowest BCUT2D eigenvalue weighted by molar-refractivity contribution is 0.102. The first-order chi connectivity index (χ1) is 9.10. The van der Waals surface area contributed by atoms with Crippen LogP contribution in [0.2, 0.25) is 0 Å². The molecule has 19 heavy (non-hydrogen) atoms. The molecule has 0 aliphatic carbocycles. The lowest BCUT2D eigenvalue weighted by Crippen LogP contribution is -2.14. The molecule has 100 valence electrons. The molecule has 1 amide bonds. The van der Waals surface area contributed by atoms with Crippen LogP contribution in [-0.2, 0) is 0 Å². The second-order valence-corrected chi connectivity index (χ2v) is 6.41. The van der Waals surface area contributed by atoms with Crippen LogP contribution < -0.4 is 10.6 Å². The van der Waals surface area contributed by atoms with E-state index in [1.165, 1.54) is 11.3 Å². The second-order valence-electron chi connectivity index (χ2n) is 4.00. The summed E-state index contributed by atoms with van der Waals surface area (Å²) in [7, 11) is 0. The molecule has 0 saturated heterocycles. The van der Waals surface area contributed by atoms with Crippen molar-refractivity contribution in [2.75, 3.05) is 17.2 Å². The van der Waals surface area contributed by atoms with Crippen molar-refractivity contribution in [3.05, 3.63) is 39.3 Å². The lowest BCUT2D eigenvalue weighted by Gasteiger charge is -2.11. The molecule has 0 aliphatic rings. The highest BCUT2D eigenvalue weighted by Gasteiger charge is 2.13. The van der Waals surface area contributed by atoms with Gasteiger partial charge in [-0.25, -0.2) is 4.98 Å². The van der Waals surface area contributed by atoms with Gasteiger partial charge in [0.1, 0.15) is 0 Å². The van der Waals surface area contributed by atoms with E-state index in [0.29, 0.717) is 10.7 Å². The first-order valence-corrected chi connectivity index (χ1v) is 7.48. The van der Waals surface area contributed by atoms with Crippen LogP contribution >= 0.6 is 27.3 Å². The Kier molecular flexibility index (Phi) is 4.55. The number of hydrogen-bond donors (Lipinski definition) is 2. The molecule has 0 aliphatic heterocycles. The van der Waals surface area contributed by atoms with Crippen molar-refractivity contribution >= 4 is 44.0 Å². The summed E-state index contributed by atoms with van der Waals surface area (Å²) in [6.45, 7) is 4.77. The van der Waals surface area contributed by atoms with Crippen LogP contribution in [-0.4, -0.2) is 17.4 Å². The number of halogens is 1. The largest absolute Gasteiger partial charge is 0.385 e. The van der Waals surface area contributed by atoms with Crippen molar-refractivity contribution in [3.63, 3.8) is 0 Å². The van der Waals surface area contributed by atoms with E-state index in [0.717, 1.165) is 21.6 Å². The predicted octanol–water partition coefficient (Wildman–Crippen LogP) is 3.90. The molecule has 2 aromatic rings. The number of carbonyl (C=O) groups is 1. The minimum absolute atomic E-state index is 0.155. The van der Waals surface area contributed by atoms with Crippen LogP contribution in [0.5, 0.6) is 0 Å². The van der Waals surface area contributed by atoms with Gasteiger partial charge in [-0.05, 0) is 47.5 Å². The molecule has 4 nitrogen and oxygen atoms in total. The highest BCUT2D eigenvalue weighted by molar-refractivity contribution is 9.11. The Morgan fingerprint density at radius 1 is 1.47 bits per heavy atom. The van der Waals surface area contributed by atoms with Crippen LogP contribution in [0.4, 0.5) is 10.8 Å². The number of carbonyl (C=O) groups excluding carboxylic acids is 1. The number of amides is 1. The number of anilines is 2. The molecule has 1 heterocycles. The van der Waals surface area contributed by atoms with Gasteiger partial charge in [0.25, 0.3) is 5.91 Å². The quantitative estimate of drug-likeness (QED) is 0.888. The van der Waals surface area contributed by atoms with Gasteiger partial charge in [0, 0.05) is 12.2 Å². The molecule has 0 fully saturated rings. The van der Waals surface area contributed by atoms with Crippen molar-refractivity contribution < 1.29 is 4.79 Å². The average molecular weight is 340 g/mol. The highest BCUT2D eigenvalue weighted by Crippen LogP contribution is 2.25. The van der Waals surface area contributed by atoms with E-state index in [1.807, 2.05) is 32.0 Å². The van der Waals surface area contributed by atoms with Gasteiger partial charge in [-0.3, -0.25) is 10.1 Å². The zero-order valence-electron chi connectivity index (χ0n) is 10.7. The van der Waals surface area contributed by atoms with Crippen LogP contribution in [0.25, 0.3) is 0 Å². The number of nitrogens with zero attached hydrogens (tertiary/aromatic N) is 1. The van der Waals surface area contributed by atoms with Crippen molar-refractivity contribution in [1.82, 2.24) is 4.98 Å². The molecular weight excluding hydrogens is 326 g/mol. The zero-order chi connectivity index (χ0) is 13.8. The van der Waals surface area contributed by atoms with Gasteiger partial charge in [-0.2, -0.15) is 0 Å². The normalized spacial score (nSPS) is 10.3. The summed E-state index contributed by atoms with van der Waals surface area (Å²) in [5, 5.41) is 6.58. The molecule has 0 saturated carbocycles. The number of thiazole rings is 1. The summed E-state index contributed by atoms with van der Waals surface area (Å²) < 4.78 is 0.888. The molecule has 0 radical (unpaired) electrons. The number of benzene rings is 1. The molecule has 2 N–H and O–H groups in total. The van der Waals surface area contributed by atoms with Gasteiger partial charge in [0.15, 0.2) is 5.13 Å². The Bertz CT molecular complexity index is 597. The molecule has 1 aromatic heterocycles. The van der Waals surface area contributed by atoms with E-state index >= 15 is 0 Å². The van der Waals surface area contributed by atoms with Gasteiger partial charge in [-0.1, -0.05) is 17.4 Å². The maximum absolute atomic E-state index is 12.2. The Balaban J connectivity index is 2.23. The molecule has 0 atom stereocenters. The molecule has 0 unspecified atom stereocenters. The lowest BCUT2D eigenvalue weighted by atomic mass is 10.1. The van der Waals surface area contributed by atoms with Crippen molar-refractivity contribution in [2.45, 2.75) is 13.8 Å². The van der Waals surface area contributed by atoms with E-state index in [2.05, 4.69) is 31.5 Å². The number of nitrogens with one attached hydrogen (secondary N) is 2.